The van der Waals surface area contributed by atoms with E-state index in [0.717, 1.165) is 48.6 Å². The van der Waals surface area contributed by atoms with E-state index in [4.69, 9.17) is 28.4 Å². The molecular weight excluding hydrogens is 1280 g/mol. The van der Waals surface area contributed by atoms with Gasteiger partial charge in [0.25, 0.3) is 35.1 Å². The number of aromatic nitrogens is 2. The summed E-state index contributed by atoms with van der Waals surface area (Å²) >= 11 is 0. The molecule has 0 aromatic carbocycles. The lowest BCUT2D eigenvalue weighted by molar-refractivity contribution is -0.140. The molecule has 0 unspecified atom stereocenters. The van der Waals surface area contributed by atoms with Crippen LogP contribution in [0.2, 0.25) is 0 Å². The van der Waals surface area contributed by atoms with Crippen LogP contribution in [0.15, 0.2) is 172 Å². The Kier molecular flexibility index (Phi) is 35.4. The lowest BCUT2D eigenvalue weighted by Gasteiger charge is -2.16. The second kappa shape index (κ2) is 43.5. The molecule has 97 heavy (non-hydrogen) atoms. The minimum atomic E-state index is -0.786. The average molecular weight is 1350 g/mol. The molecule has 6 heterocycles. The molecule has 0 aliphatic carbocycles. The topological polar surface area (TPSA) is 463 Å². The summed E-state index contributed by atoms with van der Waals surface area (Å²) in [6, 6.07) is 0. The van der Waals surface area contributed by atoms with Crippen molar-refractivity contribution < 1.29 is 105 Å². The number of allylic oxidation sites excluding steroid dienone is 2. The van der Waals surface area contributed by atoms with Crippen molar-refractivity contribution in [2.24, 2.45) is 0 Å². The lowest BCUT2D eigenvalue weighted by Crippen LogP contribution is -2.35. The van der Waals surface area contributed by atoms with Crippen LogP contribution in [0.5, 0.6) is 0 Å². The van der Waals surface area contributed by atoms with Gasteiger partial charge in [-0.15, -0.1) is 0 Å². The molecule has 0 fully saturated rings. The van der Waals surface area contributed by atoms with Gasteiger partial charge in [0.2, 0.25) is 5.91 Å². The highest BCUT2D eigenvalue weighted by Crippen LogP contribution is 2.16. The Hall–Kier alpha value is -12.3. The number of carbonyl (C=O) groups is 14. The minimum Gasteiger partial charge on any atom is -0.466 e. The summed E-state index contributed by atoms with van der Waals surface area (Å²) in [6.45, 7) is 14.7. The fourth-order valence-corrected chi connectivity index (χ4v) is 7.52. The maximum absolute atomic E-state index is 11.7. The van der Waals surface area contributed by atoms with Gasteiger partial charge in [0.15, 0.2) is 0 Å². The van der Waals surface area contributed by atoms with Gasteiger partial charge in [0.1, 0.15) is 11.6 Å². The highest BCUT2D eigenvalue weighted by molar-refractivity contribution is 6.07. The van der Waals surface area contributed by atoms with E-state index in [0.29, 0.717) is 109 Å². The number of aromatic amines is 2. The van der Waals surface area contributed by atoms with Gasteiger partial charge >= 0.3 is 53.4 Å². The molecule has 6 rings (SSSR count). The summed E-state index contributed by atoms with van der Waals surface area (Å²) in [5.41, 5.74) is 2.92. The summed E-state index contributed by atoms with van der Waals surface area (Å²) < 4.78 is 38.0. The molecule has 33 nitrogen and oxygen atoms in total. The van der Waals surface area contributed by atoms with Crippen LogP contribution < -0.4 is 48.5 Å². The van der Waals surface area contributed by atoms with Crippen molar-refractivity contribution in [2.75, 3.05) is 53.9 Å². The molecule has 0 radical (unpaired) electrons. The first kappa shape index (κ1) is 78.9. The van der Waals surface area contributed by atoms with Crippen LogP contribution in [-0.2, 0) is 111 Å². The highest BCUT2D eigenvalue weighted by atomic mass is 16.6. The van der Waals surface area contributed by atoms with Crippen molar-refractivity contribution in [3.8, 4) is 0 Å². The molecule has 33 heteroatoms. The standard InChI is InChI=1S/C20H23N3O7.C18H19N3O7.C13H16N2O5.C13H15NO5/c1-13-21-12-15(20(28)22-13)5-3-11-30-18(26)9-8-17(25)29-10-2-4-14-6-7-16(24)23-19(14)27;1-11-2-3-12(16(24)20-11)6-8-27-14(22)4-5-15(23)28-9-7-13-10-19-18(26)21-17(13)25;1-9-14-8-10(13(18)15-9)4-3-7-20-12(17)6-5-11(16)19-2;1-9-3-4-10(13(17)14-9)7-8-19-12(16)6-5-11(15)18-2/h6,8-9,12,21H,1-5,7,10-11H2,(H,22,28)(H,23,24,27);3-5,10H,1-2,6-9H2,(H,20,24)(H2,19,21,25,26);5-6,8,14H,1,3-4,7H2,2H3,(H,15,18);4-6H,1,3,7-8H2,2H3,(H,14,17)/b9-8+;5-4+;2*6-5+. The number of nitrogens with one attached hydrogen (secondary N) is 9. The third-order valence-electron chi connectivity index (χ3n) is 12.5. The number of amides is 6. The number of imide groups is 1. The molecule has 9 N–H and O–H groups in total. The van der Waals surface area contributed by atoms with E-state index in [1.165, 1.54) is 20.4 Å². The van der Waals surface area contributed by atoms with E-state index in [2.05, 4.69) is 78.0 Å². The Morgan fingerprint density at radius 3 is 1.06 bits per heavy atom. The van der Waals surface area contributed by atoms with E-state index in [-0.39, 0.29) is 94.0 Å². The molecule has 0 atom stereocenters. The molecule has 0 saturated carbocycles. The average Bonchev–Trinajstić information content (AvgIpc) is 1.32. The Morgan fingerprint density at radius 1 is 0.392 bits per heavy atom. The fraction of sp³-hybridized carbons (Fsp3) is 0.312. The Bertz CT molecular complexity index is 3580. The van der Waals surface area contributed by atoms with Gasteiger partial charge < -0.3 is 74.8 Å². The maximum Gasteiger partial charge on any atom is 0.331 e. The third-order valence-corrected chi connectivity index (χ3v) is 12.5. The van der Waals surface area contributed by atoms with E-state index in [1.54, 1.807) is 30.6 Å². The number of esters is 8. The van der Waals surface area contributed by atoms with Crippen LogP contribution in [0.25, 0.3) is 0 Å². The van der Waals surface area contributed by atoms with E-state index in [9.17, 15) is 76.7 Å². The van der Waals surface area contributed by atoms with Gasteiger partial charge in [0.05, 0.1) is 53.9 Å². The zero-order valence-corrected chi connectivity index (χ0v) is 52.9. The number of methoxy groups -OCH3 is 2. The van der Waals surface area contributed by atoms with Gasteiger partial charge in [-0.05, 0) is 38.5 Å². The zero-order valence-electron chi connectivity index (χ0n) is 52.9. The predicted octanol–water partition coefficient (Wildman–Crippen LogP) is 0.558. The first-order valence-corrected chi connectivity index (χ1v) is 29.3. The number of hydrogen-bond donors (Lipinski definition) is 9. The number of carbonyl (C=O) groups excluding carboxylic acids is 14. The Morgan fingerprint density at radius 2 is 0.711 bits per heavy atom. The molecule has 0 bridgehead atoms. The van der Waals surface area contributed by atoms with Crippen LogP contribution in [-0.4, -0.2) is 147 Å². The van der Waals surface area contributed by atoms with Crippen LogP contribution >= 0.6 is 0 Å². The van der Waals surface area contributed by atoms with Crippen molar-refractivity contribution in [3.05, 3.63) is 189 Å². The Labute approximate surface area is 553 Å². The number of rotatable bonds is 29. The predicted molar refractivity (Wildman–Crippen MR) is 337 cm³/mol. The van der Waals surface area contributed by atoms with E-state index >= 15 is 0 Å². The molecule has 1 aromatic rings. The summed E-state index contributed by atoms with van der Waals surface area (Å²) in [6.07, 6.45) is 21.5. The van der Waals surface area contributed by atoms with Gasteiger partial charge in [-0.25, -0.2) is 43.2 Å². The summed E-state index contributed by atoms with van der Waals surface area (Å²) in [4.78, 5) is 186. The van der Waals surface area contributed by atoms with Crippen LogP contribution in [0, 0.1) is 0 Å². The molecule has 1 aromatic heterocycles. The van der Waals surface area contributed by atoms with Gasteiger partial charge in [-0.3, -0.25) is 43.9 Å². The molecule has 518 valence electrons. The summed E-state index contributed by atoms with van der Waals surface area (Å²) in [5.74, 6) is -6.40. The lowest BCUT2D eigenvalue weighted by atomic mass is 10.1. The molecule has 0 saturated heterocycles. The van der Waals surface area contributed by atoms with Crippen LogP contribution in [0.4, 0.5) is 0 Å². The summed E-state index contributed by atoms with van der Waals surface area (Å²) in [5, 5.41) is 18.1. The quantitative estimate of drug-likeness (QED) is 0.0174. The van der Waals surface area contributed by atoms with E-state index < -0.39 is 64.9 Å². The van der Waals surface area contributed by atoms with Gasteiger partial charge in [-0.1, -0.05) is 44.5 Å². The number of hydrogen-bond acceptors (Lipinski definition) is 26. The fourth-order valence-electron chi connectivity index (χ4n) is 7.52. The van der Waals surface area contributed by atoms with E-state index in [1.807, 2.05) is 4.98 Å². The Balaban J connectivity index is 0.000000343. The van der Waals surface area contributed by atoms with Crippen molar-refractivity contribution in [1.29, 1.82) is 0 Å². The molecule has 6 amide bonds. The van der Waals surface area contributed by atoms with Crippen LogP contribution in [0.3, 0.4) is 0 Å². The minimum absolute atomic E-state index is 0.0149. The third kappa shape index (κ3) is 33.7. The molecule has 5 aliphatic heterocycles. The first-order chi connectivity index (χ1) is 46.2. The van der Waals surface area contributed by atoms with Crippen molar-refractivity contribution >= 4 is 83.2 Å². The number of H-pyrrole nitrogens is 2. The monoisotopic (exact) mass is 1350 g/mol. The molecule has 5 aliphatic rings. The first-order valence-electron chi connectivity index (χ1n) is 29.3. The smallest absolute Gasteiger partial charge is 0.331 e. The van der Waals surface area contributed by atoms with Gasteiger partial charge in [-0.2, -0.15) is 0 Å². The largest absolute Gasteiger partial charge is 0.466 e. The molecular formula is C64H73N9O24. The summed E-state index contributed by atoms with van der Waals surface area (Å²) in [7, 11) is 2.42. The molecule has 0 spiro atoms. The second-order valence-corrected chi connectivity index (χ2v) is 19.8. The van der Waals surface area contributed by atoms with Crippen molar-refractivity contribution in [2.45, 2.75) is 77.0 Å². The van der Waals surface area contributed by atoms with Crippen molar-refractivity contribution in [1.82, 2.24) is 47.2 Å². The SMILES string of the molecule is C=C1CC=C(CCOC(=O)/C=C/C(=O)OC)C(=O)N1.C=C1CC=C(CCOC(=O)/C=C/C(=O)OCCc2c[nH]c(=O)[nH]c2=O)C(=O)N1.C=C1NC=C(CCCOC(=O)/C=C/C(=O)OC)C(=O)N1.C=C1NC=C(CCCOC(=O)/C=C/C(=O)OCCCC2=CCC(=O)NC2=O)C(=O)N1. The van der Waals surface area contributed by atoms with Gasteiger partial charge in [0, 0.05) is 151 Å². The normalized spacial score (nSPS) is 14.9. The second-order valence-electron chi connectivity index (χ2n) is 19.8. The maximum atomic E-state index is 11.7. The van der Waals surface area contributed by atoms with Crippen molar-refractivity contribution in [3.63, 3.8) is 0 Å². The van der Waals surface area contributed by atoms with Crippen LogP contribution in [0.1, 0.15) is 76.2 Å². The number of ether oxygens (including phenoxy) is 8. The zero-order chi connectivity index (χ0) is 71.7. The highest BCUT2D eigenvalue weighted by Gasteiger charge is 2.20.